The van der Waals surface area contributed by atoms with Crippen molar-refractivity contribution in [3.63, 3.8) is 0 Å². The number of aromatic nitrogens is 3. The maximum absolute atomic E-state index is 12.4. The first kappa shape index (κ1) is 14.1. The lowest BCUT2D eigenvalue weighted by Crippen LogP contribution is -2.48. The van der Waals surface area contributed by atoms with Crippen LogP contribution in [0.15, 0.2) is 35.3 Å². The Bertz CT molecular complexity index is 648. The number of pyridine rings is 1. The second-order valence-corrected chi connectivity index (χ2v) is 5.86. The fourth-order valence-corrected chi connectivity index (χ4v) is 2.99. The summed E-state index contributed by atoms with van der Waals surface area (Å²) in [5.41, 5.74) is 1.77. The molecule has 1 saturated heterocycles. The minimum atomic E-state index is 0.0524. The van der Waals surface area contributed by atoms with Crippen LogP contribution in [0.2, 0.25) is 0 Å². The molecule has 0 saturated carbocycles. The second kappa shape index (κ2) is 5.85. The maximum Gasteiger partial charge on any atom is 0.257 e. The van der Waals surface area contributed by atoms with E-state index in [1.807, 2.05) is 18.0 Å². The van der Waals surface area contributed by atoms with Gasteiger partial charge in [0.05, 0.1) is 21.9 Å². The van der Waals surface area contributed by atoms with Crippen LogP contribution < -0.4 is 4.90 Å². The summed E-state index contributed by atoms with van der Waals surface area (Å²) in [7, 11) is 1.82. The number of carbonyl (C=O) groups excluding carboxylic acids is 1. The molecule has 1 fully saturated rings. The number of nitrogens with zero attached hydrogens (tertiary/aromatic N) is 5. The van der Waals surface area contributed by atoms with Gasteiger partial charge in [0.25, 0.3) is 5.91 Å². The van der Waals surface area contributed by atoms with Crippen LogP contribution in [0.3, 0.4) is 0 Å². The molecule has 6 nitrogen and oxygen atoms in total. The Kier molecular flexibility index (Phi) is 3.92. The SMILES string of the molecule is Cn1cc(C(=O)N2CCN(c3ccncc3Br)CC2)cn1. The monoisotopic (exact) mass is 349 g/mol. The predicted molar refractivity (Wildman–Crippen MR) is 83.3 cm³/mol. The zero-order valence-corrected chi connectivity index (χ0v) is 13.3. The second-order valence-electron chi connectivity index (χ2n) is 5.01. The summed E-state index contributed by atoms with van der Waals surface area (Å²) < 4.78 is 2.63. The van der Waals surface area contributed by atoms with Crippen molar-refractivity contribution >= 4 is 27.5 Å². The van der Waals surface area contributed by atoms with Crippen molar-refractivity contribution in [3.05, 3.63) is 40.9 Å². The van der Waals surface area contributed by atoms with Gasteiger partial charge in [-0.15, -0.1) is 0 Å². The quantitative estimate of drug-likeness (QED) is 0.825. The number of anilines is 1. The van der Waals surface area contributed by atoms with Gasteiger partial charge in [0.15, 0.2) is 0 Å². The molecule has 1 amide bonds. The Morgan fingerprint density at radius 2 is 2.00 bits per heavy atom. The van der Waals surface area contributed by atoms with E-state index in [1.165, 1.54) is 0 Å². The zero-order chi connectivity index (χ0) is 14.8. The summed E-state index contributed by atoms with van der Waals surface area (Å²) in [6, 6.07) is 1.99. The van der Waals surface area contributed by atoms with Crippen LogP contribution in [0.5, 0.6) is 0 Å². The van der Waals surface area contributed by atoms with Gasteiger partial charge in [-0.1, -0.05) is 0 Å². The average molecular weight is 350 g/mol. The van der Waals surface area contributed by atoms with Gasteiger partial charge in [0.2, 0.25) is 0 Å². The molecule has 2 aromatic rings. The molecular weight excluding hydrogens is 334 g/mol. The van der Waals surface area contributed by atoms with E-state index in [0.29, 0.717) is 18.7 Å². The van der Waals surface area contributed by atoms with Crippen molar-refractivity contribution in [2.24, 2.45) is 7.05 Å². The molecule has 0 atom stereocenters. The third kappa shape index (κ3) is 2.92. The van der Waals surface area contributed by atoms with Crippen LogP contribution >= 0.6 is 15.9 Å². The van der Waals surface area contributed by atoms with Crippen LogP contribution in [0.4, 0.5) is 5.69 Å². The van der Waals surface area contributed by atoms with Gasteiger partial charge >= 0.3 is 0 Å². The molecule has 0 aliphatic carbocycles. The highest BCUT2D eigenvalue weighted by atomic mass is 79.9. The molecule has 0 N–H and O–H groups in total. The minimum absolute atomic E-state index is 0.0524. The van der Waals surface area contributed by atoms with Crippen LogP contribution in [0.25, 0.3) is 0 Å². The van der Waals surface area contributed by atoms with E-state index in [2.05, 4.69) is 30.9 Å². The molecule has 3 rings (SSSR count). The lowest BCUT2D eigenvalue weighted by molar-refractivity contribution is 0.0746. The first-order valence-electron chi connectivity index (χ1n) is 6.77. The van der Waals surface area contributed by atoms with Crippen molar-refractivity contribution in [1.29, 1.82) is 0 Å². The Hall–Kier alpha value is -1.89. The van der Waals surface area contributed by atoms with Gasteiger partial charge in [0, 0.05) is 51.8 Å². The number of piperazine rings is 1. The van der Waals surface area contributed by atoms with Crippen molar-refractivity contribution < 1.29 is 4.79 Å². The molecule has 1 aliphatic heterocycles. The molecule has 110 valence electrons. The first-order chi connectivity index (χ1) is 10.1. The Morgan fingerprint density at radius 1 is 1.24 bits per heavy atom. The number of aryl methyl sites for hydroxylation is 1. The van der Waals surface area contributed by atoms with Gasteiger partial charge in [-0.2, -0.15) is 5.10 Å². The summed E-state index contributed by atoms with van der Waals surface area (Å²) in [5, 5.41) is 4.05. The van der Waals surface area contributed by atoms with Crippen molar-refractivity contribution in [2.45, 2.75) is 0 Å². The van der Waals surface area contributed by atoms with Crippen molar-refractivity contribution in [2.75, 3.05) is 31.1 Å². The summed E-state index contributed by atoms with van der Waals surface area (Å²) in [5.74, 6) is 0.0524. The molecule has 7 heteroatoms. The topological polar surface area (TPSA) is 54.3 Å². The fraction of sp³-hybridized carbons (Fsp3) is 0.357. The van der Waals surface area contributed by atoms with Crippen molar-refractivity contribution in [3.8, 4) is 0 Å². The molecule has 21 heavy (non-hydrogen) atoms. The Morgan fingerprint density at radius 3 is 2.62 bits per heavy atom. The molecule has 1 aliphatic rings. The Labute approximate surface area is 131 Å². The smallest absolute Gasteiger partial charge is 0.257 e. The number of hydrogen-bond donors (Lipinski definition) is 0. The van der Waals surface area contributed by atoms with Crippen LogP contribution in [0.1, 0.15) is 10.4 Å². The van der Waals surface area contributed by atoms with Gasteiger partial charge < -0.3 is 9.80 Å². The summed E-state index contributed by atoms with van der Waals surface area (Å²) in [4.78, 5) is 20.6. The number of carbonyl (C=O) groups is 1. The van der Waals surface area contributed by atoms with E-state index >= 15 is 0 Å². The summed E-state index contributed by atoms with van der Waals surface area (Å²) >= 11 is 3.52. The van der Waals surface area contributed by atoms with Gasteiger partial charge in [-0.3, -0.25) is 14.5 Å². The normalized spacial score (nSPS) is 15.3. The van der Waals surface area contributed by atoms with Crippen LogP contribution in [-0.2, 0) is 7.05 Å². The van der Waals surface area contributed by atoms with Gasteiger partial charge in [0.1, 0.15) is 0 Å². The highest BCUT2D eigenvalue weighted by molar-refractivity contribution is 9.10. The zero-order valence-electron chi connectivity index (χ0n) is 11.7. The number of hydrogen-bond acceptors (Lipinski definition) is 4. The van der Waals surface area contributed by atoms with Gasteiger partial charge in [-0.25, -0.2) is 0 Å². The molecular formula is C14H16BrN5O. The molecule has 3 heterocycles. The third-order valence-electron chi connectivity index (χ3n) is 3.61. The van der Waals surface area contributed by atoms with E-state index in [4.69, 9.17) is 0 Å². The average Bonchev–Trinajstić information content (AvgIpc) is 2.94. The standard InChI is InChI=1S/C14H16BrN5O/c1-18-10-11(8-17-18)14(21)20-6-4-19(5-7-20)13-2-3-16-9-12(13)15/h2-3,8-10H,4-7H2,1H3. The summed E-state index contributed by atoms with van der Waals surface area (Å²) in [6.07, 6.45) is 6.96. The molecule has 0 spiro atoms. The van der Waals surface area contributed by atoms with E-state index in [9.17, 15) is 4.79 Å². The molecule has 2 aromatic heterocycles. The fourth-order valence-electron chi connectivity index (χ4n) is 2.49. The van der Waals surface area contributed by atoms with E-state index in [1.54, 1.807) is 29.5 Å². The highest BCUT2D eigenvalue weighted by Gasteiger charge is 2.23. The summed E-state index contributed by atoms with van der Waals surface area (Å²) in [6.45, 7) is 3.05. The number of halogens is 1. The first-order valence-corrected chi connectivity index (χ1v) is 7.57. The van der Waals surface area contributed by atoms with Gasteiger partial charge in [-0.05, 0) is 22.0 Å². The molecule has 0 radical (unpaired) electrons. The third-order valence-corrected chi connectivity index (χ3v) is 4.22. The number of rotatable bonds is 2. The Balaban J connectivity index is 1.65. The molecule has 0 aromatic carbocycles. The predicted octanol–water partition coefficient (Wildman–Crippen LogP) is 1.54. The molecule has 0 unspecified atom stereocenters. The van der Waals surface area contributed by atoms with Crippen molar-refractivity contribution in [1.82, 2.24) is 19.7 Å². The van der Waals surface area contributed by atoms with E-state index in [0.717, 1.165) is 23.2 Å². The van der Waals surface area contributed by atoms with Crippen LogP contribution in [-0.4, -0.2) is 51.8 Å². The van der Waals surface area contributed by atoms with E-state index < -0.39 is 0 Å². The lowest BCUT2D eigenvalue weighted by atomic mass is 10.2. The largest absolute Gasteiger partial charge is 0.367 e. The molecule has 0 bridgehead atoms. The highest BCUT2D eigenvalue weighted by Crippen LogP contribution is 2.25. The van der Waals surface area contributed by atoms with E-state index in [-0.39, 0.29) is 5.91 Å². The minimum Gasteiger partial charge on any atom is -0.367 e. The maximum atomic E-state index is 12.4. The van der Waals surface area contributed by atoms with Crippen LogP contribution in [0, 0.1) is 0 Å². The number of amides is 1. The lowest BCUT2D eigenvalue weighted by Gasteiger charge is -2.36.